The first-order valence-electron chi connectivity index (χ1n) is 6.89. The Hall–Kier alpha value is -0.690. The second-order valence-electron chi connectivity index (χ2n) is 5.14. The molecule has 0 saturated heterocycles. The van der Waals surface area contributed by atoms with Crippen molar-refractivity contribution in [1.82, 2.24) is 9.97 Å². The molecule has 0 unspecified atom stereocenters. The van der Waals surface area contributed by atoms with Crippen LogP contribution in [0.4, 0.5) is 5.82 Å². The Morgan fingerprint density at radius 2 is 2.05 bits per heavy atom. The molecule has 3 nitrogen and oxygen atoms in total. The third kappa shape index (κ3) is 3.31. The Balaban J connectivity index is 2.53. The summed E-state index contributed by atoms with van der Waals surface area (Å²) in [6.45, 7) is 9.57. The lowest BCUT2D eigenvalue weighted by molar-refractivity contribution is 0.807. The molecule has 2 heterocycles. The van der Waals surface area contributed by atoms with Crippen LogP contribution in [-0.4, -0.2) is 16.5 Å². The van der Waals surface area contributed by atoms with E-state index in [1.54, 1.807) is 11.3 Å². The molecule has 0 aliphatic rings. The molecule has 0 spiro atoms. The smallest absolute Gasteiger partial charge is 0.162 e. The quantitative estimate of drug-likeness (QED) is 0.712. The summed E-state index contributed by atoms with van der Waals surface area (Å²) in [5.74, 6) is 2.20. The number of rotatable bonds is 5. The van der Waals surface area contributed by atoms with Gasteiger partial charge in [-0.15, -0.1) is 0 Å². The molecule has 0 bridgehead atoms. The van der Waals surface area contributed by atoms with Crippen molar-refractivity contribution < 1.29 is 0 Å². The van der Waals surface area contributed by atoms with E-state index in [1.807, 2.05) is 0 Å². The van der Waals surface area contributed by atoms with Crippen LogP contribution in [0, 0.1) is 10.5 Å². The van der Waals surface area contributed by atoms with Gasteiger partial charge in [-0.2, -0.15) is 11.3 Å². The first kappa shape index (κ1) is 15.7. The average molecular weight is 401 g/mol. The van der Waals surface area contributed by atoms with Crippen LogP contribution < -0.4 is 5.32 Å². The van der Waals surface area contributed by atoms with Crippen molar-refractivity contribution in [2.24, 2.45) is 0 Å². The van der Waals surface area contributed by atoms with Crippen molar-refractivity contribution in [2.45, 2.75) is 40.0 Å². The number of hydrogen-bond donors (Lipinski definition) is 1. The summed E-state index contributed by atoms with van der Waals surface area (Å²) < 4.78 is 1.14. The number of nitrogens with zero attached hydrogens (tertiary/aromatic N) is 2. The normalized spacial score (nSPS) is 11.1. The molecule has 1 N–H and O–H groups in total. The first-order valence-corrected chi connectivity index (χ1v) is 8.91. The van der Waals surface area contributed by atoms with Crippen molar-refractivity contribution in [1.29, 1.82) is 0 Å². The summed E-state index contributed by atoms with van der Waals surface area (Å²) in [7, 11) is 0. The van der Waals surface area contributed by atoms with E-state index in [-0.39, 0.29) is 0 Å². The van der Waals surface area contributed by atoms with Crippen LogP contribution in [-0.2, 0) is 0 Å². The van der Waals surface area contributed by atoms with Crippen LogP contribution in [0.15, 0.2) is 10.8 Å². The van der Waals surface area contributed by atoms with Gasteiger partial charge in [0.2, 0.25) is 0 Å². The molecule has 5 heteroatoms. The number of aromatic nitrogens is 2. The highest BCUT2D eigenvalue weighted by Crippen LogP contribution is 2.30. The van der Waals surface area contributed by atoms with Crippen molar-refractivity contribution in [3.63, 3.8) is 0 Å². The van der Waals surface area contributed by atoms with Gasteiger partial charge in [-0.25, -0.2) is 9.97 Å². The molecule has 20 heavy (non-hydrogen) atoms. The summed E-state index contributed by atoms with van der Waals surface area (Å²) in [6.07, 6.45) is 1.09. The average Bonchev–Trinajstić information content (AvgIpc) is 2.83. The van der Waals surface area contributed by atoms with Gasteiger partial charge in [0.25, 0.3) is 0 Å². The number of nitrogens with one attached hydrogen (secondary N) is 1. The van der Waals surface area contributed by atoms with Gasteiger partial charge in [-0.3, -0.25) is 0 Å². The molecular formula is C15H20IN3S. The second kappa shape index (κ2) is 6.85. The topological polar surface area (TPSA) is 37.8 Å². The van der Waals surface area contributed by atoms with Gasteiger partial charge >= 0.3 is 0 Å². The molecule has 0 aliphatic heterocycles. The Kier molecular flexibility index (Phi) is 5.37. The summed E-state index contributed by atoms with van der Waals surface area (Å²) in [6, 6.07) is 0. The second-order valence-corrected chi connectivity index (χ2v) is 6.97. The predicted molar refractivity (Wildman–Crippen MR) is 95.7 cm³/mol. The fraction of sp³-hybridized carbons (Fsp3) is 0.467. The highest BCUT2D eigenvalue weighted by Gasteiger charge is 2.16. The molecule has 0 aliphatic carbocycles. The highest BCUT2D eigenvalue weighted by molar-refractivity contribution is 14.1. The van der Waals surface area contributed by atoms with Gasteiger partial charge in [-0.1, -0.05) is 20.8 Å². The fourth-order valence-corrected chi connectivity index (χ4v) is 3.80. The Morgan fingerprint density at radius 3 is 2.60 bits per heavy atom. The van der Waals surface area contributed by atoms with Crippen LogP contribution in [0.2, 0.25) is 0 Å². The minimum Gasteiger partial charge on any atom is -0.369 e. The van der Waals surface area contributed by atoms with Crippen LogP contribution >= 0.6 is 33.9 Å². The molecule has 0 fully saturated rings. The van der Waals surface area contributed by atoms with Crippen LogP contribution in [0.25, 0.3) is 11.4 Å². The molecule has 0 aromatic carbocycles. The third-order valence-electron chi connectivity index (χ3n) is 3.06. The van der Waals surface area contributed by atoms with E-state index in [2.05, 4.69) is 66.4 Å². The van der Waals surface area contributed by atoms with Crippen LogP contribution in [0.1, 0.15) is 44.4 Å². The van der Waals surface area contributed by atoms with Crippen molar-refractivity contribution in [3.8, 4) is 11.4 Å². The van der Waals surface area contributed by atoms with E-state index < -0.39 is 0 Å². The van der Waals surface area contributed by atoms with Crippen LogP contribution in [0.5, 0.6) is 0 Å². The van der Waals surface area contributed by atoms with E-state index in [1.165, 1.54) is 5.56 Å². The molecule has 2 rings (SSSR count). The van der Waals surface area contributed by atoms with E-state index >= 15 is 0 Å². The van der Waals surface area contributed by atoms with Crippen molar-refractivity contribution in [3.05, 3.63) is 25.6 Å². The maximum absolute atomic E-state index is 4.79. The van der Waals surface area contributed by atoms with Crippen molar-refractivity contribution >= 4 is 39.7 Å². The zero-order valence-electron chi connectivity index (χ0n) is 12.3. The Bertz CT molecular complexity index is 593. The lowest BCUT2D eigenvalue weighted by Gasteiger charge is -2.14. The fourth-order valence-electron chi connectivity index (χ4n) is 1.92. The largest absolute Gasteiger partial charge is 0.369 e. The van der Waals surface area contributed by atoms with Gasteiger partial charge in [0, 0.05) is 17.5 Å². The van der Waals surface area contributed by atoms with Crippen LogP contribution in [0.3, 0.4) is 0 Å². The highest BCUT2D eigenvalue weighted by atomic mass is 127. The lowest BCUT2D eigenvalue weighted by atomic mass is 10.1. The lowest BCUT2D eigenvalue weighted by Crippen LogP contribution is -2.10. The van der Waals surface area contributed by atoms with Gasteiger partial charge in [0.05, 0.1) is 9.26 Å². The van der Waals surface area contributed by atoms with Gasteiger partial charge in [-0.05, 0) is 52.8 Å². The minimum atomic E-state index is 0.393. The molecule has 108 valence electrons. The molecule has 0 saturated carbocycles. The first-order chi connectivity index (χ1) is 9.54. The summed E-state index contributed by atoms with van der Waals surface area (Å²) >= 11 is 4.06. The number of hydrogen-bond acceptors (Lipinski definition) is 4. The molecule has 0 atom stereocenters. The Morgan fingerprint density at radius 1 is 1.30 bits per heavy atom. The zero-order chi connectivity index (χ0) is 14.7. The molecule has 2 aromatic heterocycles. The molecule has 0 amide bonds. The third-order valence-corrected chi connectivity index (χ3v) is 4.99. The zero-order valence-corrected chi connectivity index (χ0v) is 15.3. The SMILES string of the molecule is CCCNc1nc(-c2cscc2C)nc(C(C)C)c1I. The number of aryl methyl sites for hydroxylation is 1. The number of halogens is 1. The maximum Gasteiger partial charge on any atom is 0.162 e. The summed E-state index contributed by atoms with van der Waals surface area (Å²) in [5.41, 5.74) is 3.51. The van der Waals surface area contributed by atoms with E-state index in [0.717, 1.165) is 39.4 Å². The standard InChI is InChI=1S/C15H20IN3S/c1-5-6-17-15-12(16)13(9(2)3)18-14(19-15)11-8-20-7-10(11)4/h7-9H,5-6H2,1-4H3,(H,17,18,19). The summed E-state index contributed by atoms with van der Waals surface area (Å²) in [4.78, 5) is 9.52. The maximum atomic E-state index is 4.79. The monoisotopic (exact) mass is 401 g/mol. The number of thiophene rings is 1. The number of anilines is 1. The minimum absolute atomic E-state index is 0.393. The Labute approximate surface area is 138 Å². The molecular weight excluding hydrogens is 381 g/mol. The predicted octanol–water partition coefficient (Wildman–Crippen LogP) is 5.06. The molecule has 0 radical (unpaired) electrons. The van der Waals surface area contributed by atoms with E-state index in [0.29, 0.717) is 5.92 Å². The van der Waals surface area contributed by atoms with E-state index in [4.69, 9.17) is 9.97 Å². The van der Waals surface area contributed by atoms with E-state index in [9.17, 15) is 0 Å². The van der Waals surface area contributed by atoms with Gasteiger partial charge in [0.1, 0.15) is 5.82 Å². The van der Waals surface area contributed by atoms with Gasteiger partial charge < -0.3 is 5.32 Å². The molecule has 2 aromatic rings. The van der Waals surface area contributed by atoms with Gasteiger partial charge in [0.15, 0.2) is 5.82 Å². The van der Waals surface area contributed by atoms with Crippen molar-refractivity contribution in [2.75, 3.05) is 11.9 Å². The summed E-state index contributed by atoms with van der Waals surface area (Å²) in [5, 5.41) is 7.70.